The highest BCUT2D eigenvalue weighted by Crippen LogP contribution is 2.35. The highest BCUT2D eigenvalue weighted by Gasteiger charge is 2.19. The van der Waals surface area contributed by atoms with Crippen LogP contribution < -0.4 is 15.2 Å². The number of benzene rings is 1. The van der Waals surface area contributed by atoms with Gasteiger partial charge in [0.1, 0.15) is 17.2 Å². The number of ether oxygens (including phenoxy) is 2. The summed E-state index contributed by atoms with van der Waals surface area (Å²) < 4.78 is 9.90. The van der Waals surface area contributed by atoms with Crippen LogP contribution in [0.3, 0.4) is 0 Å². The van der Waals surface area contributed by atoms with Crippen molar-refractivity contribution in [2.45, 2.75) is 6.10 Å². The molecule has 0 fully saturated rings. The zero-order chi connectivity index (χ0) is 12.3. The molecule has 0 aromatic heterocycles. The van der Waals surface area contributed by atoms with Gasteiger partial charge in [0.05, 0.1) is 14.2 Å². The first-order valence-electron chi connectivity index (χ1n) is 4.43. The summed E-state index contributed by atoms with van der Waals surface area (Å²) in [7, 11) is 2.78. The summed E-state index contributed by atoms with van der Waals surface area (Å²) in [6.45, 7) is 0. The Morgan fingerprint density at radius 1 is 1.31 bits per heavy atom. The van der Waals surface area contributed by atoms with Gasteiger partial charge in [-0.3, -0.25) is 0 Å². The number of aliphatic hydroxyl groups excluding tert-OH is 1. The molecule has 88 valence electrons. The van der Waals surface area contributed by atoms with Gasteiger partial charge in [-0.2, -0.15) is 0 Å². The maximum absolute atomic E-state index is 10.6. The largest absolute Gasteiger partial charge is 0.494 e. The van der Waals surface area contributed by atoms with Crippen molar-refractivity contribution in [3.8, 4) is 11.5 Å². The van der Waals surface area contributed by atoms with Gasteiger partial charge in [0.2, 0.25) is 0 Å². The number of aliphatic carboxylic acids is 1. The molecule has 0 saturated carbocycles. The second-order valence-corrected chi connectivity index (χ2v) is 3.08. The van der Waals surface area contributed by atoms with E-state index in [4.69, 9.17) is 20.3 Å². The summed E-state index contributed by atoms with van der Waals surface area (Å²) in [4.78, 5) is 10.6. The molecule has 0 heterocycles. The molecule has 1 rings (SSSR count). The fraction of sp³-hybridized carbons (Fsp3) is 0.300. The van der Waals surface area contributed by atoms with Crippen LogP contribution >= 0.6 is 0 Å². The minimum absolute atomic E-state index is 0.149. The average molecular weight is 227 g/mol. The number of rotatable bonds is 4. The minimum Gasteiger partial charge on any atom is -0.494 e. The number of carboxylic acid groups (broad SMARTS) is 1. The van der Waals surface area contributed by atoms with E-state index in [1.807, 2.05) is 0 Å². The molecule has 0 aliphatic rings. The molecule has 1 unspecified atom stereocenters. The second kappa shape index (κ2) is 4.71. The monoisotopic (exact) mass is 227 g/mol. The molecule has 0 saturated heterocycles. The van der Waals surface area contributed by atoms with E-state index in [1.165, 1.54) is 26.4 Å². The van der Waals surface area contributed by atoms with Gasteiger partial charge in [0.25, 0.3) is 0 Å². The number of carbonyl (C=O) groups is 1. The second-order valence-electron chi connectivity index (χ2n) is 3.08. The van der Waals surface area contributed by atoms with Crippen LogP contribution in [0.15, 0.2) is 12.1 Å². The van der Waals surface area contributed by atoms with E-state index in [1.54, 1.807) is 0 Å². The molecule has 0 aliphatic carbocycles. The molecule has 1 aromatic rings. The Kier molecular flexibility index (Phi) is 3.57. The first-order chi connectivity index (χ1) is 7.51. The predicted molar refractivity (Wildman–Crippen MR) is 56.6 cm³/mol. The van der Waals surface area contributed by atoms with Crippen LogP contribution in [0.1, 0.15) is 11.7 Å². The molecule has 16 heavy (non-hydrogen) atoms. The fourth-order valence-electron chi connectivity index (χ4n) is 1.26. The van der Waals surface area contributed by atoms with Gasteiger partial charge in [-0.1, -0.05) is 0 Å². The van der Waals surface area contributed by atoms with E-state index < -0.39 is 12.1 Å². The summed E-state index contributed by atoms with van der Waals surface area (Å²) in [5.74, 6) is -0.835. The third-order valence-corrected chi connectivity index (χ3v) is 2.12. The molecule has 0 bridgehead atoms. The Bertz CT molecular complexity index is 379. The van der Waals surface area contributed by atoms with E-state index in [9.17, 15) is 9.90 Å². The quantitative estimate of drug-likeness (QED) is 0.643. The Morgan fingerprint density at radius 2 is 1.75 bits per heavy atom. The Balaban J connectivity index is 3.26. The molecule has 4 N–H and O–H groups in total. The molecule has 0 aliphatic heterocycles. The van der Waals surface area contributed by atoms with Crippen molar-refractivity contribution in [2.75, 3.05) is 20.0 Å². The molecule has 6 heteroatoms. The lowest BCUT2D eigenvalue weighted by atomic mass is 10.1. The third-order valence-electron chi connectivity index (χ3n) is 2.12. The smallest absolute Gasteiger partial charge is 0.337 e. The van der Waals surface area contributed by atoms with Crippen molar-refractivity contribution in [3.63, 3.8) is 0 Å². The molecular weight excluding hydrogens is 214 g/mol. The number of aliphatic hydroxyl groups is 1. The van der Waals surface area contributed by atoms with Gasteiger partial charge in [-0.25, -0.2) is 4.79 Å². The standard InChI is InChI=1S/C10H13NO5/c1-15-6-3-5(9(12)10(13)14)4-7(16-2)8(6)11/h3-4,9,12H,11H2,1-2H3,(H,13,14). The third kappa shape index (κ3) is 2.17. The number of anilines is 1. The zero-order valence-corrected chi connectivity index (χ0v) is 8.93. The van der Waals surface area contributed by atoms with Gasteiger partial charge in [0, 0.05) is 0 Å². The summed E-state index contributed by atoms with van der Waals surface area (Å²) in [6, 6.07) is 2.72. The highest BCUT2D eigenvalue weighted by atomic mass is 16.5. The van der Waals surface area contributed by atoms with Gasteiger partial charge < -0.3 is 25.4 Å². The van der Waals surface area contributed by atoms with Crippen LogP contribution in [0.2, 0.25) is 0 Å². The lowest BCUT2D eigenvalue weighted by Crippen LogP contribution is -2.11. The normalized spacial score (nSPS) is 11.9. The number of hydrogen-bond acceptors (Lipinski definition) is 5. The highest BCUT2D eigenvalue weighted by molar-refractivity contribution is 5.76. The van der Waals surface area contributed by atoms with Crippen LogP contribution in [0.25, 0.3) is 0 Å². The fourth-order valence-corrected chi connectivity index (χ4v) is 1.26. The lowest BCUT2D eigenvalue weighted by molar-refractivity contribution is -0.146. The van der Waals surface area contributed by atoms with Crippen molar-refractivity contribution < 1.29 is 24.5 Å². The summed E-state index contributed by atoms with van der Waals surface area (Å²) in [5.41, 5.74) is 6.07. The van der Waals surface area contributed by atoms with Crippen molar-refractivity contribution >= 4 is 11.7 Å². The van der Waals surface area contributed by atoms with E-state index in [0.29, 0.717) is 0 Å². The molecule has 1 atom stereocenters. The predicted octanol–water partition coefficient (Wildman–Crippen LogP) is 0.404. The average Bonchev–Trinajstić information content (AvgIpc) is 2.28. The van der Waals surface area contributed by atoms with Gasteiger partial charge >= 0.3 is 5.97 Å². The van der Waals surface area contributed by atoms with Crippen LogP contribution in [0, 0.1) is 0 Å². The Morgan fingerprint density at radius 3 is 2.06 bits per heavy atom. The topological polar surface area (TPSA) is 102 Å². The van der Waals surface area contributed by atoms with Crippen molar-refractivity contribution in [3.05, 3.63) is 17.7 Å². The van der Waals surface area contributed by atoms with E-state index in [0.717, 1.165) is 0 Å². The number of methoxy groups -OCH3 is 2. The first-order valence-corrected chi connectivity index (χ1v) is 4.43. The maximum Gasteiger partial charge on any atom is 0.337 e. The summed E-state index contributed by atoms with van der Waals surface area (Å²) in [6.07, 6.45) is -1.64. The molecular formula is C10H13NO5. The Labute approximate surface area is 92.2 Å². The molecule has 0 amide bonds. The van der Waals surface area contributed by atoms with Crippen LogP contribution in [0.5, 0.6) is 11.5 Å². The van der Waals surface area contributed by atoms with Gasteiger partial charge in [-0.15, -0.1) is 0 Å². The van der Waals surface area contributed by atoms with E-state index in [2.05, 4.69) is 0 Å². The zero-order valence-electron chi connectivity index (χ0n) is 8.93. The van der Waals surface area contributed by atoms with Crippen molar-refractivity contribution in [1.29, 1.82) is 0 Å². The summed E-state index contributed by atoms with van der Waals surface area (Å²) in [5, 5.41) is 18.0. The minimum atomic E-state index is -1.64. The van der Waals surface area contributed by atoms with Gasteiger partial charge in [-0.05, 0) is 17.7 Å². The number of nitrogen functional groups attached to an aromatic ring is 1. The molecule has 6 nitrogen and oxygen atoms in total. The molecule has 1 aromatic carbocycles. The number of nitrogens with two attached hydrogens (primary N) is 1. The summed E-state index contributed by atoms with van der Waals surface area (Å²) >= 11 is 0. The lowest BCUT2D eigenvalue weighted by Gasteiger charge is -2.13. The number of carboxylic acids is 1. The Hall–Kier alpha value is -1.95. The van der Waals surface area contributed by atoms with Crippen molar-refractivity contribution in [1.82, 2.24) is 0 Å². The van der Waals surface area contributed by atoms with E-state index >= 15 is 0 Å². The van der Waals surface area contributed by atoms with E-state index in [-0.39, 0.29) is 22.7 Å². The first kappa shape index (κ1) is 12.1. The SMILES string of the molecule is COc1cc(C(O)C(=O)O)cc(OC)c1N. The van der Waals surface area contributed by atoms with Crippen LogP contribution in [-0.2, 0) is 4.79 Å². The van der Waals surface area contributed by atoms with Crippen LogP contribution in [0.4, 0.5) is 5.69 Å². The molecule has 0 spiro atoms. The van der Waals surface area contributed by atoms with Crippen LogP contribution in [-0.4, -0.2) is 30.4 Å². The maximum atomic E-state index is 10.6. The molecule has 0 radical (unpaired) electrons. The number of hydrogen-bond donors (Lipinski definition) is 3. The van der Waals surface area contributed by atoms with Crippen molar-refractivity contribution in [2.24, 2.45) is 0 Å². The van der Waals surface area contributed by atoms with Gasteiger partial charge in [0.15, 0.2) is 6.10 Å².